The van der Waals surface area contributed by atoms with Gasteiger partial charge in [-0.15, -0.1) is 11.3 Å². The predicted octanol–water partition coefficient (Wildman–Crippen LogP) is 3.79. The highest BCUT2D eigenvalue weighted by atomic mass is 35.5. The number of benzene rings is 1. The van der Waals surface area contributed by atoms with E-state index in [4.69, 9.17) is 27.9 Å². The molecule has 1 aromatic carbocycles. The van der Waals surface area contributed by atoms with Crippen molar-refractivity contribution in [1.29, 1.82) is 0 Å². The molecule has 2 amide bonds. The number of para-hydroxylation sites is 1. The van der Waals surface area contributed by atoms with E-state index in [1.807, 2.05) is 0 Å². The molecule has 1 aromatic heterocycles. The molecule has 2 aromatic rings. The van der Waals surface area contributed by atoms with E-state index in [-0.39, 0.29) is 26.5 Å². The maximum Gasteiger partial charge on any atom is 0.349 e. The molecule has 3 rings (SSSR count). The predicted molar refractivity (Wildman–Crippen MR) is 105 cm³/mol. The highest BCUT2D eigenvalue weighted by molar-refractivity contribution is 7.18. The smallest absolute Gasteiger partial charge is 0.349 e. The molecule has 1 aliphatic rings. The number of fused-ring (bicyclic) bond motifs is 1. The van der Waals surface area contributed by atoms with Gasteiger partial charge in [0.15, 0.2) is 6.61 Å². The molecule has 0 saturated carbocycles. The Hall–Kier alpha value is -2.55. The molecule has 1 aliphatic heterocycles. The second-order valence-electron chi connectivity index (χ2n) is 5.54. The number of esters is 1. The first-order chi connectivity index (χ1) is 12.8. The molecule has 0 radical (unpaired) electrons. The van der Waals surface area contributed by atoms with Gasteiger partial charge in [0.25, 0.3) is 11.8 Å². The van der Waals surface area contributed by atoms with Gasteiger partial charge in [0.05, 0.1) is 21.3 Å². The molecule has 0 bridgehead atoms. The van der Waals surface area contributed by atoms with E-state index in [2.05, 4.69) is 22.5 Å². The fourth-order valence-electron chi connectivity index (χ4n) is 2.43. The Morgan fingerprint density at radius 1 is 1.26 bits per heavy atom. The summed E-state index contributed by atoms with van der Waals surface area (Å²) in [5.74, 6) is -1.34. The molecule has 0 spiro atoms. The molecule has 27 heavy (non-hydrogen) atoms. The lowest BCUT2D eigenvalue weighted by Crippen LogP contribution is -2.31. The van der Waals surface area contributed by atoms with E-state index < -0.39 is 18.5 Å². The van der Waals surface area contributed by atoms with Gasteiger partial charge in [-0.1, -0.05) is 35.8 Å². The summed E-state index contributed by atoms with van der Waals surface area (Å²) in [4.78, 5) is 36.6. The number of amides is 2. The van der Waals surface area contributed by atoms with Gasteiger partial charge in [0.1, 0.15) is 15.7 Å². The Kier molecular flexibility index (Phi) is 5.41. The van der Waals surface area contributed by atoms with Crippen molar-refractivity contribution >= 4 is 63.0 Å². The van der Waals surface area contributed by atoms with Gasteiger partial charge >= 0.3 is 5.97 Å². The van der Waals surface area contributed by atoms with Crippen LogP contribution < -0.4 is 16.0 Å². The van der Waals surface area contributed by atoms with Gasteiger partial charge in [-0.2, -0.15) is 0 Å². The number of carbonyl (C=O) groups excluding carboxylic acids is 3. The van der Waals surface area contributed by atoms with E-state index in [9.17, 15) is 14.4 Å². The molecule has 0 aliphatic carbocycles. The Labute approximate surface area is 168 Å². The summed E-state index contributed by atoms with van der Waals surface area (Å²) in [5.41, 5.74) is 1.06. The zero-order valence-corrected chi connectivity index (χ0v) is 16.3. The lowest BCUT2D eigenvalue weighted by molar-refractivity contribution is -0.119. The Bertz CT molecular complexity index is 967. The van der Waals surface area contributed by atoms with Crippen molar-refractivity contribution in [3.63, 3.8) is 0 Å². The van der Waals surface area contributed by atoms with Crippen LogP contribution >= 0.6 is 34.5 Å². The minimum Gasteiger partial charge on any atom is -0.451 e. The van der Waals surface area contributed by atoms with Crippen LogP contribution in [0.3, 0.4) is 0 Å². The molecular weight excluding hydrogens is 413 g/mol. The van der Waals surface area contributed by atoms with E-state index in [1.54, 1.807) is 25.1 Å². The zero-order chi connectivity index (χ0) is 19.7. The fraction of sp³-hybridized carbons (Fsp3) is 0.118. The quantitative estimate of drug-likeness (QED) is 0.647. The van der Waals surface area contributed by atoms with Crippen LogP contribution in [0.25, 0.3) is 0 Å². The molecular formula is C17H13Cl2N3O4S. The van der Waals surface area contributed by atoms with E-state index in [0.29, 0.717) is 21.9 Å². The highest BCUT2D eigenvalue weighted by Gasteiger charge is 2.29. The Morgan fingerprint density at radius 3 is 2.59 bits per heavy atom. The number of carbonyl (C=O) groups is 3. The van der Waals surface area contributed by atoms with Crippen molar-refractivity contribution < 1.29 is 19.1 Å². The van der Waals surface area contributed by atoms with Crippen molar-refractivity contribution in [2.75, 3.05) is 17.2 Å². The van der Waals surface area contributed by atoms with Crippen molar-refractivity contribution in [2.24, 2.45) is 0 Å². The molecule has 3 N–H and O–H groups in total. The van der Waals surface area contributed by atoms with Crippen molar-refractivity contribution in [1.82, 2.24) is 5.32 Å². The largest absolute Gasteiger partial charge is 0.451 e. The standard InChI is InChI=1S/C17H13Cl2N3O4S/c1-7-12-15(24)20-8(2)21-16(12)27-14(7)17(25)26-6-11(23)22-13-9(18)4-3-5-10(13)19/h3-5,21H,2,6H2,1H3,(H,20,24)(H,22,23). The lowest BCUT2D eigenvalue weighted by atomic mass is 10.1. The van der Waals surface area contributed by atoms with E-state index >= 15 is 0 Å². The van der Waals surface area contributed by atoms with Gasteiger partial charge in [-0.05, 0) is 24.6 Å². The summed E-state index contributed by atoms with van der Waals surface area (Å²) >= 11 is 13.0. The number of rotatable bonds is 4. The number of nitrogens with one attached hydrogen (secondary N) is 3. The highest BCUT2D eigenvalue weighted by Crippen LogP contribution is 2.36. The third-order valence-corrected chi connectivity index (χ3v) is 5.47. The number of anilines is 2. The Morgan fingerprint density at radius 2 is 1.93 bits per heavy atom. The second-order valence-corrected chi connectivity index (χ2v) is 7.37. The average molecular weight is 426 g/mol. The number of ether oxygens (including phenoxy) is 1. The monoisotopic (exact) mass is 425 g/mol. The molecule has 0 atom stereocenters. The molecule has 140 valence electrons. The van der Waals surface area contributed by atoms with Gasteiger partial charge in [0.2, 0.25) is 0 Å². The van der Waals surface area contributed by atoms with Crippen molar-refractivity contribution in [3.05, 3.63) is 56.6 Å². The van der Waals surface area contributed by atoms with Gasteiger partial charge in [0, 0.05) is 0 Å². The summed E-state index contributed by atoms with van der Waals surface area (Å²) in [6.45, 7) is 4.73. The van der Waals surface area contributed by atoms with Crippen LogP contribution in [0.2, 0.25) is 10.0 Å². The number of halogens is 2. The minimum absolute atomic E-state index is 0.223. The van der Waals surface area contributed by atoms with Crippen molar-refractivity contribution in [2.45, 2.75) is 6.92 Å². The first-order valence-electron chi connectivity index (χ1n) is 7.59. The van der Waals surface area contributed by atoms with Crippen LogP contribution in [-0.2, 0) is 9.53 Å². The average Bonchev–Trinajstić information content (AvgIpc) is 2.93. The van der Waals surface area contributed by atoms with E-state index in [0.717, 1.165) is 11.3 Å². The van der Waals surface area contributed by atoms with Crippen LogP contribution in [0.5, 0.6) is 0 Å². The summed E-state index contributed by atoms with van der Waals surface area (Å²) in [5, 5.41) is 8.96. The molecule has 10 heteroatoms. The summed E-state index contributed by atoms with van der Waals surface area (Å²) in [6, 6.07) is 4.78. The van der Waals surface area contributed by atoms with Crippen LogP contribution in [0.1, 0.15) is 25.6 Å². The second kappa shape index (κ2) is 7.59. The van der Waals surface area contributed by atoms with Gasteiger partial charge in [-0.3, -0.25) is 9.59 Å². The number of hydrogen-bond donors (Lipinski definition) is 3. The summed E-state index contributed by atoms with van der Waals surface area (Å²) in [6.07, 6.45) is 0. The molecule has 2 heterocycles. The van der Waals surface area contributed by atoms with Crippen LogP contribution in [0, 0.1) is 6.92 Å². The molecule has 0 saturated heterocycles. The fourth-order valence-corrected chi connectivity index (χ4v) is 4.04. The zero-order valence-electron chi connectivity index (χ0n) is 13.9. The Balaban J connectivity index is 1.68. The van der Waals surface area contributed by atoms with Gasteiger partial charge < -0.3 is 20.7 Å². The molecule has 0 fully saturated rings. The van der Waals surface area contributed by atoms with E-state index in [1.165, 1.54) is 0 Å². The third-order valence-electron chi connectivity index (χ3n) is 3.65. The molecule has 7 nitrogen and oxygen atoms in total. The minimum atomic E-state index is -0.715. The third kappa shape index (κ3) is 3.92. The SMILES string of the molecule is C=C1NC(=O)c2c(sc(C(=O)OCC(=O)Nc3c(Cl)cccc3Cl)c2C)N1. The van der Waals surface area contributed by atoms with Crippen LogP contribution in [0.15, 0.2) is 30.6 Å². The summed E-state index contributed by atoms with van der Waals surface area (Å²) < 4.78 is 5.05. The number of hydrogen-bond acceptors (Lipinski definition) is 6. The first-order valence-corrected chi connectivity index (χ1v) is 9.16. The summed E-state index contributed by atoms with van der Waals surface area (Å²) in [7, 11) is 0. The topological polar surface area (TPSA) is 96.5 Å². The maximum atomic E-state index is 12.3. The van der Waals surface area contributed by atoms with Gasteiger partial charge in [-0.25, -0.2) is 4.79 Å². The first kappa shape index (κ1) is 19.2. The lowest BCUT2D eigenvalue weighted by Gasteiger charge is -2.16. The number of thiophene rings is 1. The maximum absolute atomic E-state index is 12.3. The van der Waals surface area contributed by atoms with Crippen LogP contribution in [0.4, 0.5) is 10.7 Å². The van der Waals surface area contributed by atoms with Crippen molar-refractivity contribution in [3.8, 4) is 0 Å². The normalized spacial score (nSPS) is 12.7. The molecule has 0 unspecified atom stereocenters. The van der Waals surface area contributed by atoms with Crippen LogP contribution in [-0.4, -0.2) is 24.4 Å².